The molecule has 1 aliphatic heterocycles. The zero-order valence-electron chi connectivity index (χ0n) is 9.66. The Bertz CT molecular complexity index is 366. The molecule has 6 heteroatoms. The summed E-state index contributed by atoms with van der Waals surface area (Å²) in [6.07, 6.45) is 0. The van der Waals surface area contributed by atoms with Crippen molar-refractivity contribution in [3.63, 3.8) is 0 Å². The van der Waals surface area contributed by atoms with Crippen molar-refractivity contribution >= 4 is 43.6 Å². The summed E-state index contributed by atoms with van der Waals surface area (Å²) in [5.41, 5.74) is 5.90. The minimum Gasteiger partial charge on any atom is -0.451 e. The number of rotatable bonds is 3. The maximum atomic E-state index is 5.90. The molecule has 1 saturated heterocycles. The van der Waals surface area contributed by atoms with Gasteiger partial charge in [0.15, 0.2) is 4.67 Å². The van der Waals surface area contributed by atoms with Crippen LogP contribution in [0.25, 0.3) is 0 Å². The second kappa shape index (κ2) is 6.10. The Kier molecular flexibility index (Phi) is 5.00. The number of hydrogen-bond donors (Lipinski definition) is 1. The van der Waals surface area contributed by atoms with Crippen LogP contribution < -0.4 is 5.73 Å². The summed E-state index contributed by atoms with van der Waals surface area (Å²) in [6.45, 7) is 5.00. The Hall–Kier alpha value is 0.510. The van der Waals surface area contributed by atoms with Gasteiger partial charge < -0.3 is 10.2 Å². The van der Waals surface area contributed by atoms with Gasteiger partial charge >= 0.3 is 0 Å². The Morgan fingerprint density at radius 1 is 1.65 bits per heavy atom. The summed E-state index contributed by atoms with van der Waals surface area (Å²) < 4.78 is 7.39. The number of halogens is 2. The highest BCUT2D eigenvalue weighted by Gasteiger charge is 2.27. The summed E-state index contributed by atoms with van der Waals surface area (Å²) in [5, 5.41) is 0.666. The molecule has 0 aromatic carbocycles. The highest BCUT2D eigenvalue weighted by atomic mass is 79.9. The van der Waals surface area contributed by atoms with Crippen molar-refractivity contribution in [3.05, 3.63) is 21.0 Å². The molecule has 2 heterocycles. The molecule has 17 heavy (non-hydrogen) atoms. The number of nitrogens with zero attached hydrogens (tertiary/aromatic N) is 1. The maximum Gasteiger partial charge on any atom is 0.183 e. The summed E-state index contributed by atoms with van der Waals surface area (Å²) >= 11 is 8.84. The molecule has 96 valence electrons. The highest BCUT2D eigenvalue weighted by molar-refractivity contribution is 9.13. The monoisotopic (exact) mass is 382 g/mol. The quantitative estimate of drug-likeness (QED) is 0.869. The van der Waals surface area contributed by atoms with E-state index in [2.05, 4.69) is 43.7 Å². The second-order valence-electron chi connectivity index (χ2n) is 4.20. The molecule has 3 nitrogen and oxygen atoms in total. The minimum atomic E-state index is 0.181. The summed E-state index contributed by atoms with van der Waals surface area (Å²) in [5.74, 6) is 2.10. The van der Waals surface area contributed by atoms with E-state index in [-0.39, 0.29) is 6.04 Å². The molecule has 1 aliphatic rings. The molecule has 2 N–H and O–H groups in total. The van der Waals surface area contributed by atoms with Crippen molar-refractivity contribution in [2.24, 2.45) is 5.73 Å². The summed E-state index contributed by atoms with van der Waals surface area (Å²) in [7, 11) is 0. The van der Waals surface area contributed by atoms with Crippen LogP contribution in [-0.2, 0) is 0 Å². The van der Waals surface area contributed by atoms with Crippen molar-refractivity contribution in [2.45, 2.75) is 18.2 Å². The van der Waals surface area contributed by atoms with Gasteiger partial charge in [-0.25, -0.2) is 0 Å². The standard InChI is InChI=1S/C11H16Br2N2OS/c1-7-6-15(2-3-17-7)9(5-14)10-4-8(12)11(13)16-10/h4,7,9H,2-3,5-6,14H2,1H3. The topological polar surface area (TPSA) is 42.4 Å². The van der Waals surface area contributed by atoms with Gasteiger partial charge in [0.2, 0.25) is 0 Å². The summed E-state index contributed by atoms with van der Waals surface area (Å²) in [6, 6.07) is 2.19. The van der Waals surface area contributed by atoms with Crippen LogP contribution >= 0.6 is 43.6 Å². The van der Waals surface area contributed by atoms with E-state index in [1.54, 1.807) is 0 Å². The normalized spacial score (nSPS) is 23.9. The molecule has 0 amide bonds. The van der Waals surface area contributed by atoms with Crippen molar-refractivity contribution in [2.75, 3.05) is 25.4 Å². The molecule has 0 aliphatic carbocycles. The third kappa shape index (κ3) is 3.29. The lowest BCUT2D eigenvalue weighted by atomic mass is 10.2. The van der Waals surface area contributed by atoms with Crippen LogP contribution in [-0.4, -0.2) is 35.5 Å². The molecule has 0 radical (unpaired) electrons. The largest absolute Gasteiger partial charge is 0.451 e. The van der Waals surface area contributed by atoms with Gasteiger partial charge in [-0.15, -0.1) is 0 Å². The summed E-state index contributed by atoms with van der Waals surface area (Å²) in [4.78, 5) is 2.42. The number of nitrogens with two attached hydrogens (primary N) is 1. The lowest BCUT2D eigenvalue weighted by Gasteiger charge is -2.35. The van der Waals surface area contributed by atoms with Crippen LogP contribution in [0, 0.1) is 0 Å². The third-order valence-corrected chi connectivity index (χ3v) is 5.78. The first-order valence-corrected chi connectivity index (χ1v) is 8.25. The first-order valence-electron chi connectivity index (χ1n) is 5.62. The van der Waals surface area contributed by atoms with E-state index >= 15 is 0 Å². The third-order valence-electron chi connectivity index (χ3n) is 2.93. The second-order valence-corrected chi connectivity index (χ2v) is 7.32. The lowest BCUT2D eigenvalue weighted by molar-refractivity contribution is 0.186. The van der Waals surface area contributed by atoms with Gasteiger partial charge in [-0.2, -0.15) is 11.8 Å². The van der Waals surface area contributed by atoms with E-state index in [0.29, 0.717) is 11.8 Å². The number of hydrogen-bond acceptors (Lipinski definition) is 4. The Morgan fingerprint density at radius 3 is 2.94 bits per heavy atom. The van der Waals surface area contributed by atoms with Crippen molar-refractivity contribution in [3.8, 4) is 0 Å². The fourth-order valence-electron chi connectivity index (χ4n) is 2.10. The van der Waals surface area contributed by atoms with Gasteiger partial charge in [-0.1, -0.05) is 6.92 Å². The van der Waals surface area contributed by atoms with Crippen molar-refractivity contribution in [1.29, 1.82) is 0 Å². The molecule has 1 fully saturated rings. The van der Waals surface area contributed by atoms with Gasteiger partial charge in [0.1, 0.15) is 5.76 Å². The van der Waals surface area contributed by atoms with E-state index in [1.807, 2.05) is 17.8 Å². The molecular formula is C11H16Br2N2OS. The van der Waals surface area contributed by atoms with Crippen LogP contribution in [0.4, 0.5) is 0 Å². The van der Waals surface area contributed by atoms with Gasteiger partial charge in [0, 0.05) is 30.6 Å². The van der Waals surface area contributed by atoms with Gasteiger partial charge in [0.05, 0.1) is 10.5 Å². The molecule has 0 bridgehead atoms. The average molecular weight is 384 g/mol. The van der Waals surface area contributed by atoms with E-state index in [0.717, 1.165) is 28.0 Å². The minimum absolute atomic E-state index is 0.181. The van der Waals surface area contributed by atoms with Crippen molar-refractivity contribution < 1.29 is 4.42 Å². The molecule has 0 saturated carbocycles. The van der Waals surface area contributed by atoms with Crippen LogP contribution in [0.2, 0.25) is 0 Å². The molecule has 1 aromatic heterocycles. The lowest BCUT2D eigenvalue weighted by Crippen LogP contribution is -2.41. The van der Waals surface area contributed by atoms with Crippen LogP contribution in [0.5, 0.6) is 0 Å². The number of thioether (sulfide) groups is 1. The van der Waals surface area contributed by atoms with E-state index < -0.39 is 0 Å². The average Bonchev–Trinajstić information content (AvgIpc) is 2.60. The number of furan rings is 1. The van der Waals surface area contributed by atoms with E-state index in [1.165, 1.54) is 5.75 Å². The molecular weight excluding hydrogens is 368 g/mol. The van der Waals surface area contributed by atoms with E-state index in [4.69, 9.17) is 10.2 Å². The Morgan fingerprint density at radius 2 is 2.41 bits per heavy atom. The predicted octanol–water partition coefficient (Wildman–Crippen LogP) is 3.24. The Balaban J connectivity index is 2.15. The zero-order valence-corrected chi connectivity index (χ0v) is 13.6. The first-order chi connectivity index (χ1) is 8.11. The molecule has 2 unspecified atom stereocenters. The van der Waals surface area contributed by atoms with E-state index in [9.17, 15) is 0 Å². The van der Waals surface area contributed by atoms with Crippen molar-refractivity contribution in [1.82, 2.24) is 4.90 Å². The highest BCUT2D eigenvalue weighted by Crippen LogP contribution is 2.33. The fraction of sp³-hybridized carbons (Fsp3) is 0.636. The molecule has 2 rings (SSSR count). The van der Waals surface area contributed by atoms with Crippen LogP contribution in [0.15, 0.2) is 19.6 Å². The zero-order chi connectivity index (χ0) is 12.4. The van der Waals surface area contributed by atoms with Gasteiger partial charge in [-0.3, -0.25) is 4.90 Å². The molecule has 1 aromatic rings. The first kappa shape index (κ1) is 13.9. The molecule has 2 atom stereocenters. The van der Waals surface area contributed by atoms with Gasteiger partial charge in [-0.05, 0) is 37.9 Å². The van der Waals surface area contributed by atoms with Crippen LogP contribution in [0.1, 0.15) is 18.7 Å². The fourth-order valence-corrected chi connectivity index (χ4v) is 3.75. The molecule has 0 spiro atoms. The predicted molar refractivity (Wildman–Crippen MR) is 79.4 cm³/mol. The Labute approximate surface area is 123 Å². The maximum absolute atomic E-state index is 5.90. The smallest absolute Gasteiger partial charge is 0.183 e. The van der Waals surface area contributed by atoms with Gasteiger partial charge in [0.25, 0.3) is 0 Å². The SMILES string of the molecule is CC1CN(C(CN)c2cc(Br)c(Br)o2)CCS1. The van der Waals surface area contributed by atoms with Crippen LogP contribution in [0.3, 0.4) is 0 Å².